The molecule has 0 atom stereocenters. The van der Waals surface area contributed by atoms with Gasteiger partial charge in [-0.05, 0) is 36.4 Å². The summed E-state index contributed by atoms with van der Waals surface area (Å²) >= 11 is 0. The maximum atomic E-state index is 13.8. The Kier molecular flexibility index (Phi) is 3.36. The summed E-state index contributed by atoms with van der Waals surface area (Å²) in [7, 11) is -4.07. The average Bonchev–Trinajstić information content (AvgIpc) is 3.06. The van der Waals surface area contributed by atoms with E-state index in [0.29, 0.717) is 21.8 Å². The van der Waals surface area contributed by atoms with Gasteiger partial charge in [0.15, 0.2) is 0 Å². The molecular weight excluding hydrogens is 345 g/mol. The number of H-pyrrole nitrogens is 2. The molecule has 0 aliphatic carbocycles. The summed E-state index contributed by atoms with van der Waals surface area (Å²) in [6.07, 6.45) is 1.63. The number of nitrogens with one attached hydrogen (secondary N) is 3. The van der Waals surface area contributed by atoms with Crippen molar-refractivity contribution >= 4 is 37.5 Å². The first kappa shape index (κ1) is 15.4. The van der Waals surface area contributed by atoms with Crippen LogP contribution in [0, 0.1) is 5.82 Å². The fourth-order valence-electron chi connectivity index (χ4n) is 2.78. The maximum absolute atomic E-state index is 13.8. The molecule has 0 aliphatic heterocycles. The first-order chi connectivity index (χ1) is 12.0. The topological polar surface area (TPSA) is 94.8 Å². The lowest BCUT2D eigenvalue weighted by molar-refractivity contribution is 0.570. The Balaban J connectivity index is 1.84. The van der Waals surface area contributed by atoms with Crippen LogP contribution in [0.25, 0.3) is 21.8 Å². The fourth-order valence-corrected chi connectivity index (χ4v) is 3.91. The first-order valence-electron chi connectivity index (χ1n) is 7.36. The number of anilines is 1. The van der Waals surface area contributed by atoms with Gasteiger partial charge in [0.2, 0.25) is 0 Å². The van der Waals surface area contributed by atoms with Crippen LogP contribution >= 0.6 is 0 Å². The number of rotatable bonds is 3. The Hall–Kier alpha value is -3.13. The van der Waals surface area contributed by atoms with Crippen molar-refractivity contribution in [3.8, 4) is 0 Å². The summed E-state index contributed by atoms with van der Waals surface area (Å²) in [6, 6.07) is 11.6. The van der Waals surface area contributed by atoms with Crippen molar-refractivity contribution < 1.29 is 12.8 Å². The predicted molar refractivity (Wildman–Crippen MR) is 93.6 cm³/mol. The highest BCUT2D eigenvalue weighted by molar-refractivity contribution is 7.92. The molecule has 0 spiro atoms. The summed E-state index contributed by atoms with van der Waals surface area (Å²) in [4.78, 5) is 17.1. The van der Waals surface area contributed by atoms with Crippen LogP contribution in [-0.4, -0.2) is 18.4 Å². The molecule has 0 radical (unpaired) electrons. The highest BCUT2D eigenvalue weighted by Gasteiger charge is 2.19. The number of benzene rings is 2. The van der Waals surface area contributed by atoms with Gasteiger partial charge in [0.05, 0.1) is 0 Å². The van der Waals surface area contributed by atoms with Crippen molar-refractivity contribution in [3.63, 3.8) is 0 Å². The standard InChI is InChI=1S/C17H12FN3O3S/c18-13-3-1-2-4-15(13)25(23,24)21-10-5-6-14-12(9-10)11-7-8-19-16(11)17(22)20-14/h1-9,19,21H,(H,20,22). The largest absolute Gasteiger partial charge is 0.357 e. The lowest BCUT2D eigenvalue weighted by Gasteiger charge is -2.10. The summed E-state index contributed by atoms with van der Waals surface area (Å²) in [5, 5.41) is 1.34. The second kappa shape index (κ2) is 5.45. The number of sulfonamides is 1. The number of hydrogen-bond donors (Lipinski definition) is 3. The molecule has 8 heteroatoms. The van der Waals surface area contributed by atoms with E-state index in [4.69, 9.17) is 0 Å². The number of hydrogen-bond acceptors (Lipinski definition) is 3. The van der Waals surface area contributed by atoms with Crippen LogP contribution in [0.5, 0.6) is 0 Å². The molecule has 0 aliphatic rings. The van der Waals surface area contributed by atoms with Gasteiger partial charge in [-0.3, -0.25) is 9.52 Å². The lowest BCUT2D eigenvalue weighted by atomic mass is 10.1. The average molecular weight is 357 g/mol. The van der Waals surface area contributed by atoms with Gasteiger partial charge in [0.25, 0.3) is 15.6 Å². The summed E-state index contributed by atoms with van der Waals surface area (Å²) in [6.45, 7) is 0. The minimum atomic E-state index is -4.07. The molecule has 0 saturated heterocycles. The fraction of sp³-hybridized carbons (Fsp3) is 0. The third-order valence-electron chi connectivity index (χ3n) is 3.91. The van der Waals surface area contributed by atoms with E-state index >= 15 is 0 Å². The molecule has 0 saturated carbocycles. The summed E-state index contributed by atoms with van der Waals surface area (Å²) in [5.41, 5.74) is 0.991. The number of aromatic amines is 2. The van der Waals surface area contributed by atoms with Gasteiger partial charge in [0.1, 0.15) is 16.2 Å². The molecule has 2 aromatic heterocycles. The van der Waals surface area contributed by atoms with E-state index in [2.05, 4.69) is 14.7 Å². The van der Waals surface area contributed by atoms with Gasteiger partial charge in [0, 0.05) is 28.2 Å². The van der Waals surface area contributed by atoms with Crippen LogP contribution in [0.3, 0.4) is 0 Å². The van der Waals surface area contributed by atoms with E-state index in [9.17, 15) is 17.6 Å². The third-order valence-corrected chi connectivity index (χ3v) is 5.32. The zero-order valence-electron chi connectivity index (χ0n) is 12.7. The molecule has 25 heavy (non-hydrogen) atoms. The minimum Gasteiger partial charge on any atom is -0.357 e. The van der Waals surface area contributed by atoms with Crippen molar-refractivity contribution in [1.82, 2.24) is 9.97 Å². The highest BCUT2D eigenvalue weighted by atomic mass is 32.2. The van der Waals surface area contributed by atoms with Crippen LogP contribution in [0.15, 0.2) is 64.4 Å². The molecule has 3 N–H and O–H groups in total. The van der Waals surface area contributed by atoms with Gasteiger partial charge >= 0.3 is 0 Å². The van der Waals surface area contributed by atoms with E-state index in [-0.39, 0.29) is 11.2 Å². The third kappa shape index (κ3) is 2.56. The zero-order chi connectivity index (χ0) is 17.6. The Morgan fingerprint density at radius 2 is 1.80 bits per heavy atom. The van der Waals surface area contributed by atoms with Gasteiger partial charge in [-0.15, -0.1) is 0 Å². The summed E-state index contributed by atoms with van der Waals surface area (Å²) < 4.78 is 41.0. The molecule has 0 bridgehead atoms. The molecule has 126 valence electrons. The monoisotopic (exact) mass is 357 g/mol. The Bertz CT molecular complexity index is 1280. The van der Waals surface area contributed by atoms with Crippen LogP contribution in [0.2, 0.25) is 0 Å². The molecule has 6 nitrogen and oxygen atoms in total. The minimum absolute atomic E-state index is 0.257. The summed E-state index contributed by atoms with van der Waals surface area (Å²) in [5.74, 6) is -0.826. The van der Waals surface area contributed by atoms with Crippen LogP contribution < -0.4 is 10.3 Å². The normalized spacial score (nSPS) is 11.9. The van der Waals surface area contributed by atoms with Crippen molar-refractivity contribution in [2.45, 2.75) is 4.90 Å². The van der Waals surface area contributed by atoms with Crippen molar-refractivity contribution in [2.24, 2.45) is 0 Å². The molecule has 0 fully saturated rings. The molecule has 0 amide bonds. The van der Waals surface area contributed by atoms with Gasteiger partial charge in [-0.1, -0.05) is 12.1 Å². The van der Waals surface area contributed by atoms with Crippen molar-refractivity contribution in [2.75, 3.05) is 4.72 Å². The van der Waals surface area contributed by atoms with E-state index < -0.39 is 20.7 Å². The number of pyridine rings is 1. The zero-order valence-corrected chi connectivity index (χ0v) is 13.5. The number of aromatic nitrogens is 2. The van der Waals surface area contributed by atoms with Crippen LogP contribution in [0.1, 0.15) is 0 Å². The molecule has 0 unspecified atom stereocenters. The lowest BCUT2D eigenvalue weighted by Crippen LogP contribution is -2.14. The molecule has 2 aromatic carbocycles. The van der Waals surface area contributed by atoms with Gasteiger partial charge in [-0.25, -0.2) is 12.8 Å². The SMILES string of the molecule is O=c1[nH]c2ccc(NS(=O)(=O)c3ccccc3F)cc2c2cc[nH]c12. The maximum Gasteiger partial charge on any atom is 0.272 e. The number of fused-ring (bicyclic) bond motifs is 3. The predicted octanol–water partition coefficient (Wildman–Crippen LogP) is 2.95. The van der Waals surface area contributed by atoms with Gasteiger partial charge in [-0.2, -0.15) is 0 Å². The van der Waals surface area contributed by atoms with Crippen LogP contribution in [0.4, 0.5) is 10.1 Å². The van der Waals surface area contributed by atoms with Crippen LogP contribution in [-0.2, 0) is 10.0 Å². The highest BCUT2D eigenvalue weighted by Crippen LogP contribution is 2.25. The second-order valence-electron chi connectivity index (χ2n) is 5.52. The Morgan fingerprint density at radius 1 is 1.00 bits per heavy atom. The first-order valence-corrected chi connectivity index (χ1v) is 8.84. The molecule has 2 heterocycles. The van der Waals surface area contributed by atoms with E-state index in [1.54, 1.807) is 24.4 Å². The molecule has 4 rings (SSSR count). The quantitative estimate of drug-likeness (QED) is 0.526. The van der Waals surface area contributed by atoms with Gasteiger partial charge < -0.3 is 9.97 Å². The Labute approximate surface area is 141 Å². The van der Waals surface area contributed by atoms with E-state index in [1.165, 1.54) is 24.3 Å². The molecule has 4 aromatic rings. The number of halogens is 1. The van der Waals surface area contributed by atoms with E-state index in [1.807, 2.05) is 0 Å². The van der Waals surface area contributed by atoms with Crippen molar-refractivity contribution in [1.29, 1.82) is 0 Å². The Morgan fingerprint density at radius 3 is 2.60 bits per heavy atom. The van der Waals surface area contributed by atoms with E-state index in [0.717, 1.165) is 6.07 Å². The smallest absolute Gasteiger partial charge is 0.272 e. The second-order valence-corrected chi connectivity index (χ2v) is 7.17. The molecular formula is C17H12FN3O3S. The van der Waals surface area contributed by atoms with Crippen molar-refractivity contribution in [3.05, 3.63) is 70.9 Å².